The van der Waals surface area contributed by atoms with E-state index in [0.717, 1.165) is 5.56 Å². The highest BCUT2D eigenvalue weighted by Crippen LogP contribution is 2.24. The predicted octanol–water partition coefficient (Wildman–Crippen LogP) is 5.40. The summed E-state index contributed by atoms with van der Waals surface area (Å²) in [6.07, 6.45) is 0.294. The normalized spacial score (nSPS) is 12.7. The molecule has 0 aliphatic rings. The lowest BCUT2D eigenvalue weighted by Crippen LogP contribution is -2.29. The molecule has 0 saturated heterocycles. The molecule has 3 nitrogen and oxygen atoms in total. The lowest BCUT2D eigenvalue weighted by molar-refractivity contribution is -0.155. The summed E-state index contributed by atoms with van der Waals surface area (Å²) < 4.78 is 5.55. The van der Waals surface area contributed by atoms with Gasteiger partial charge in [0, 0.05) is 12.6 Å². The van der Waals surface area contributed by atoms with Gasteiger partial charge < -0.3 is 10.1 Å². The van der Waals surface area contributed by atoms with Crippen LogP contribution >= 0.6 is 0 Å². The van der Waals surface area contributed by atoms with Gasteiger partial charge in [0.2, 0.25) is 0 Å². The van der Waals surface area contributed by atoms with E-state index in [-0.39, 0.29) is 12.0 Å². The monoisotopic (exact) mass is 361 g/mol. The number of hydrogen-bond donors (Lipinski definition) is 1. The molecule has 0 aromatic heterocycles. The third-order valence-electron chi connectivity index (χ3n) is 4.36. The van der Waals surface area contributed by atoms with Crippen molar-refractivity contribution < 1.29 is 9.53 Å². The molecule has 0 amide bonds. The highest BCUT2D eigenvalue weighted by molar-refractivity contribution is 5.83. The van der Waals surface area contributed by atoms with Gasteiger partial charge in [-0.1, -0.05) is 66.7 Å². The maximum Gasteiger partial charge on any atom is 0.308 e. The van der Waals surface area contributed by atoms with E-state index >= 15 is 0 Å². The Bertz CT molecular complexity index is 897. The van der Waals surface area contributed by atoms with Gasteiger partial charge in [-0.25, -0.2) is 0 Å². The Morgan fingerprint density at radius 2 is 1.59 bits per heavy atom. The van der Waals surface area contributed by atoms with Crippen LogP contribution in [0.2, 0.25) is 0 Å². The summed E-state index contributed by atoms with van der Waals surface area (Å²) in [5.74, 6) is -0.193. The first-order valence-corrected chi connectivity index (χ1v) is 9.38. The zero-order chi connectivity index (χ0) is 19.3. The van der Waals surface area contributed by atoms with E-state index < -0.39 is 5.60 Å². The van der Waals surface area contributed by atoms with Gasteiger partial charge in [0.1, 0.15) is 5.60 Å². The second kappa shape index (κ2) is 8.36. The zero-order valence-corrected chi connectivity index (χ0v) is 16.2. The number of benzene rings is 3. The minimum atomic E-state index is -0.482. The van der Waals surface area contributed by atoms with Gasteiger partial charge in [0.15, 0.2) is 0 Å². The molecule has 0 saturated carbocycles. The number of nitrogens with one attached hydrogen (secondary N) is 1. The van der Waals surface area contributed by atoms with Gasteiger partial charge in [-0.2, -0.15) is 0 Å². The minimum absolute atomic E-state index is 0.107. The topological polar surface area (TPSA) is 38.3 Å². The average Bonchev–Trinajstić information content (AvgIpc) is 2.64. The maximum atomic E-state index is 12.5. The largest absolute Gasteiger partial charge is 0.460 e. The molecular formula is C24H27NO2. The van der Waals surface area contributed by atoms with E-state index in [2.05, 4.69) is 47.8 Å². The van der Waals surface area contributed by atoms with Crippen molar-refractivity contribution >= 4 is 16.7 Å². The first-order chi connectivity index (χ1) is 12.9. The Balaban J connectivity index is 1.81. The van der Waals surface area contributed by atoms with E-state index in [4.69, 9.17) is 4.74 Å². The van der Waals surface area contributed by atoms with Crippen LogP contribution in [0.25, 0.3) is 10.8 Å². The third kappa shape index (κ3) is 5.66. The Labute approximate surface area is 161 Å². The first kappa shape index (κ1) is 19.1. The molecule has 0 spiro atoms. The highest BCUT2D eigenvalue weighted by atomic mass is 16.6. The van der Waals surface area contributed by atoms with Crippen molar-refractivity contribution in [1.29, 1.82) is 0 Å². The van der Waals surface area contributed by atoms with Crippen LogP contribution in [0.3, 0.4) is 0 Å². The lowest BCUT2D eigenvalue weighted by Gasteiger charge is -2.23. The molecule has 27 heavy (non-hydrogen) atoms. The van der Waals surface area contributed by atoms with Crippen molar-refractivity contribution in [2.45, 2.75) is 45.4 Å². The maximum absolute atomic E-state index is 12.5. The Kier molecular flexibility index (Phi) is 5.92. The summed E-state index contributed by atoms with van der Waals surface area (Å²) in [6, 6.07) is 24.7. The van der Waals surface area contributed by atoms with Crippen LogP contribution in [-0.4, -0.2) is 11.6 Å². The van der Waals surface area contributed by atoms with Gasteiger partial charge in [0.25, 0.3) is 0 Å². The van der Waals surface area contributed by atoms with Crippen LogP contribution in [0, 0.1) is 0 Å². The number of hydrogen-bond acceptors (Lipinski definition) is 3. The van der Waals surface area contributed by atoms with E-state index in [9.17, 15) is 4.79 Å². The molecule has 1 unspecified atom stereocenters. The van der Waals surface area contributed by atoms with Crippen LogP contribution in [-0.2, 0) is 16.1 Å². The molecule has 3 rings (SSSR count). The molecule has 0 bridgehead atoms. The number of esters is 1. The van der Waals surface area contributed by atoms with E-state index in [0.29, 0.717) is 13.0 Å². The molecule has 0 fully saturated rings. The van der Waals surface area contributed by atoms with Gasteiger partial charge in [0.05, 0.1) is 6.42 Å². The third-order valence-corrected chi connectivity index (χ3v) is 4.36. The fourth-order valence-electron chi connectivity index (χ4n) is 3.12. The fraction of sp³-hybridized carbons (Fsp3) is 0.292. The Morgan fingerprint density at radius 1 is 0.926 bits per heavy atom. The zero-order valence-electron chi connectivity index (χ0n) is 16.2. The fourth-order valence-corrected chi connectivity index (χ4v) is 3.12. The molecule has 0 radical (unpaired) electrons. The number of carbonyl (C=O) groups excluding carboxylic acids is 1. The first-order valence-electron chi connectivity index (χ1n) is 9.38. The molecule has 3 heteroatoms. The van der Waals surface area contributed by atoms with Crippen LogP contribution in [0.1, 0.15) is 44.4 Å². The minimum Gasteiger partial charge on any atom is -0.460 e. The highest BCUT2D eigenvalue weighted by Gasteiger charge is 2.21. The summed E-state index contributed by atoms with van der Waals surface area (Å²) in [6.45, 7) is 6.38. The molecule has 0 aliphatic carbocycles. The number of rotatable bonds is 6. The SMILES string of the molecule is CC(C)(C)OC(=O)CC(NCc1ccccc1)c1ccc2ccccc2c1. The number of fused-ring (bicyclic) bond motifs is 1. The van der Waals surface area contributed by atoms with Crippen molar-refractivity contribution in [3.05, 3.63) is 83.9 Å². The van der Waals surface area contributed by atoms with E-state index in [1.54, 1.807) is 0 Å². The van der Waals surface area contributed by atoms with E-state index in [1.807, 2.05) is 51.1 Å². The molecule has 0 aliphatic heterocycles. The Hall–Kier alpha value is -2.65. The van der Waals surface area contributed by atoms with Crippen molar-refractivity contribution in [3.63, 3.8) is 0 Å². The smallest absolute Gasteiger partial charge is 0.308 e. The van der Waals surface area contributed by atoms with Crippen LogP contribution in [0.15, 0.2) is 72.8 Å². The quantitative estimate of drug-likeness (QED) is 0.597. The van der Waals surface area contributed by atoms with Crippen LogP contribution in [0.4, 0.5) is 0 Å². The molecule has 3 aromatic carbocycles. The van der Waals surface area contributed by atoms with Crippen molar-refractivity contribution in [3.8, 4) is 0 Å². The van der Waals surface area contributed by atoms with Gasteiger partial charge in [-0.05, 0) is 48.7 Å². The van der Waals surface area contributed by atoms with Crippen LogP contribution in [0.5, 0.6) is 0 Å². The van der Waals surface area contributed by atoms with Crippen molar-refractivity contribution in [2.75, 3.05) is 0 Å². The summed E-state index contributed by atoms with van der Waals surface area (Å²) in [4.78, 5) is 12.5. The second-order valence-electron chi connectivity index (χ2n) is 7.82. The molecule has 1 N–H and O–H groups in total. The van der Waals surface area contributed by atoms with Crippen molar-refractivity contribution in [2.24, 2.45) is 0 Å². The average molecular weight is 361 g/mol. The number of ether oxygens (including phenoxy) is 1. The predicted molar refractivity (Wildman–Crippen MR) is 110 cm³/mol. The van der Waals surface area contributed by atoms with Gasteiger partial charge >= 0.3 is 5.97 Å². The van der Waals surface area contributed by atoms with Gasteiger partial charge in [-0.3, -0.25) is 4.79 Å². The molecule has 1 atom stereocenters. The van der Waals surface area contributed by atoms with Crippen LogP contribution < -0.4 is 5.32 Å². The summed E-state index contributed by atoms with van der Waals surface area (Å²) in [5.41, 5.74) is 1.80. The summed E-state index contributed by atoms with van der Waals surface area (Å²) in [7, 11) is 0. The summed E-state index contributed by atoms with van der Waals surface area (Å²) >= 11 is 0. The summed E-state index contributed by atoms with van der Waals surface area (Å²) in [5, 5.41) is 5.90. The number of carbonyl (C=O) groups is 1. The Morgan fingerprint density at radius 3 is 2.30 bits per heavy atom. The lowest BCUT2D eigenvalue weighted by atomic mass is 9.99. The molecule has 140 valence electrons. The van der Waals surface area contributed by atoms with Crippen molar-refractivity contribution in [1.82, 2.24) is 5.32 Å². The van der Waals surface area contributed by atoms with Gasteiger partial charge in [-0.15, -0.1) is 0 Å². The molecule has 0 heterocycles. The van der Waals surface area contributed by atoms with E-state index in [1.165, 1.54) is 16.3 Å². The molecular weight excluding hydrogens is 334 g/mol. The second-order valence-corrected chi connectivity index (χ2v) is 7.82. The molecule has 3 aromatic rings. The standard InChI is InChI=1S/C24H27NO2/c1-24(2,3)27-23(26)16-22(25-17-18-9-5-4-6-10-18)21-14-13-19-11-7-8-12-20(19)15-21/h4-15,22,25H,16-17H2,1-3H3.